The smallest absolute Gasteiger partial charge is 0.130 e. The molecule has 3 nitrogen and oxygen atoms in total. The predicted molar refractivity (Wildman–Crippen MR) is 66.9 cm³/mol. The van der Waals surface area contributed by atoms with Gasteiger partial charge in [-0.2, -0.15) is 5.10 Å². The van der Waals surface area contributed by atoms with E-state index in [4.69, 9.17) is 11.6 Å². The Morgan fingerprint density at radius 2 is 2.31 bits per heavy atom. The van der Waals surface area contributed by atoms with Gasteiger partial charge in [-0.1, -0.05) is 18.0 Å². The number of rotatable bonds is 2. The van der Waals surface area contributed by atoms with Crippen LogP contribution in [0.2, 0.25) is 5.15 Å². The molecule has 0 saturated carbocycles. The normalized spacial score (nSPS) is 22.1. The van der Waals surface area contributed by atoms with Crippen molar-refractivity contribution < 1.29 is 0 Å². The highest BCUT2D eigenvalue weighted by molar-refractivity contribution is 6.30. The van der Waals surface area contributed by atoms with Crippen molar-refractivity contribution in [2.75, 3.05) is 13.1 Å². The highest BCUT2D eigenvalue weighted by Gasteiger charge is 2.18. The molecule has 0 amide bonds. The first-order valence-electron chi connectivity index (χ1n) is 6.07. The highest BCUT2D eigenvalue weighted by atomic mass is 35.5. The second-order valence-corrected chi connectivity index (χ2v) is 5.11. The van der Waals surface area contributed by atoms with Crippen molar-refractivity contribution in [3.63, 3.8) is 0 Å². The molecule has 16 heavy (non-hydrogen) atoms. The third-order valence-electron chi connectivity index (χ3n) is 3.41. The first kappa shape index (κ1) is 11.9. The van der Waals surface area contributed by atoms with Crippen molar-refractivity contribution >= 4 is 11.6 Å². The average molecular weight is 242 g/mol. The Balaban J connectivity index is 2.07. The molecular formula is C12H20ClN3. The van der Waals surface area contributed by atoms with Crippen LogP contribution in [0.15, 0.2) is 0 Å². The van der Waals surface area contributed by atoms with E-state index in [2.05, 4.69) is 10.4 Å². The van der Waals surface area contributed by atoms with E-state index in [1.54, 1.807) is 4.68 Å². The van der Waals surface area contributed by atoms with E-state index in [9.17, 15) is 0 Å². The van der Waals surface area contributed by atoms with Crippen LogP contribution in [0.5, 0.6) is 0 Å². The van der Waals surface area contributed by atoms with Crippen molar-refractivity contribution in [2.24, 2.45) is 13.0 Å². The van der Waals surface area contributed by atoms with Gasteiger partial charge in [-0.25, -0.2) is 0 Å². The summed E-state index contributed by atoms with van der Waals surface area (Å²) in [7, 11) is 1.91. The fourth-order valence-electron chi connectivity index (χ4n) is 2.46. The molecule has 2 rings (SSSR count). The Labute approximate surface area is 102 Å². The molecule has 0 radical (unpaired) electrons. The van der Waals surface area contributed by atoms with Crippen LogP contribution < -0.4 is 5.32 Å². The summed E-state index contributed by atoms with van der Waals surface area (Å²) >= 11 is 6.25. The second kappa shape index (κ2) is 5.19. The molecule has 90 valence electrons. The van der Waals surface area contributed by atoms with Crippen molar-refractivity contribution in [3.8, 4) is 0 Å². The summed E-state index contributed by atoms with van der Waals surface area (Å²) in [5.74, 6) is 0.711. The van der Waals surface area contributed by atoms with Gasteiger partial charge in [0.2, 0.25) is 0 Å². The Kier molecular flexibility index (Phi) is 3.87. The zero-order chi connectivity index (χ0) is 11.5. The van der Waals surface area contributed by atoms with Gasteiger partial charge in [0.05, 0.1) is 5.69 Å². The van der Waals surface area contributed by atoms with Gasteiger partial charge in [0, 0.05) is 12.6 Å². The molecule has 1 N–H and O–H groups in total. The predicted octanol–water partition coefficient (Wildman–Crippen LogP) is 2.31. The van der Waals surface area contributed by atoms with Gasteiger partial charge in [-0.05, 0) is 45.2 Å². The minimum absolute atomic E-state index is 0.711. The Morgan fingerprint density at radius 3 is 3.00 bits per heavy atom. The number of hydrogen-bond acceptors (Lipinski definition) is 2. The lowest BCUT2D eigenvalue weighted by Gasteiger charge is -2.13. The third kappa shape index (κ3) is 2.58. The first-order chi connectivity index (χ1) is 7.68. The molecule has 4 heteroatoms. The molecule has 1 unspecified atom stereocenters. The van der Waals surface area contributed by atoms with Gasteiger partial charge < -0.3 is 5.32 Å². The SMILES string of the molecule is Cc1nn(C)c(Cl)c1CC1CCCCNC1. The van der Waals surface area contributed by atoms with E-state index in [-0.39, 0.29) is 0 Å². The maximum Gasteiger partial charge on any atom is 0.130 e. The number of hydrogen-bond donors (Lipinski definition) is 1. The molecule has 1 atom stereocenters. The zero-order valence-electron chi connectivity index (χ0n) is 10.1. The van der Waals surface area contributed by atoms with E-state index in [0.29, 0.717) is 5.92 Å². The monoisotopic (exact) mass is 241 g/mol. The first-order valence-corrected chi connectivity index (χ1v) is 6.45. The quantitative estimate of drug-likeness (QED) is 0.861. The van der Waals surface area contributed by atoms with Gasteiger partial charge in [0.15, 0.2) is 0 Å². The van der Waals surface area contributed by atoms with Crippen LogP contribution >= 0.6 is 11.6 Å². The molecule has 0 aliphatic carbocycles. The maximum atomic E-state index is 6.25. The van der Waals surface area contributed by atoms with Crippen molar-refractivity contribution in [3.05, 3.63) is 16.4 Å². The fourth-order valence-corrected chi connectivity index (χ4v) is 2.71. The van der Waals surface area contributed by atoms with Crippen LogP contribution in [-0.2, 0) is 13.5 Å². The van der Waals surface area contributed by atoms with Gasteiger partial charge >= 0.3 is 0 Å². The van der Waals surface area contributed by atoms with Crippen LogP contribution in [-0.4, -0.2) is 22.9 Å². The fraction of sp³-hybridized carbons (Fsp3) is 0.750. The Morgan fingerprint density at radius 1 is 1.50 bits per heavy atom. The molecule has 0 spiro atoms. The lowest BCUT2D eigenvalue weighted by atomic mass is 9.95. The summed E-state index contributed by atoms with van der Waals surface area (Å²) in [4.78, 5) is 0. The van der Waals surface area contributed by atoms with E-state index < -0.39 is 0 Å². The third-order valence-corrected chi connectivity index (χ3v) is 3.88. The van der Waals surface area contributed by atoms with Gasteiger partial charge in [0.1, 0.15) is 5.15 Å². The van der Waals surface area contributed by atoms with Crippen LogP contribution in [0.3, 0.4) is 0 Å². The zero-order valence-corrected chi connectivity index (χ0v) is 10.8. The standard InChI is InChI=1S/C12H20ClN3/c1-9-11(12(13)16(2)15-9)7-10-5-3-4-6-14-8-10/h10,14H,3-8H2,1-2H3. The van der Waals surface area contributed by atoms with Gasteiger partial charge in [-0.3, -0.25) is 4.68 Å². The topological polar surface area (TPSA) is 29.9 Å². The largest absolute Gasteiger partial charge is 0.316 e. The molecular weight excluding hydrogens is 222 g/mol. The number of aryl methyl sites for hydroxylation is 2. The summed E-state index contributed by atoms with van der Waals surface area (Å²) in [6, 6.07) is 0. The summed E-state index contributed by atoms with van der Waals surface area (Å²) < 4.78 is 1.77. The molecule has 0 bridgehead atoms. The van der Waals surface area contributed by atoms with Crippen molar-refractivity contribution in [1.29, 1.82) is 0 Å². The number of halogens is 1. The second-order valence-electron chi connectivity index (χ2n) is 4.75. The summed E-state index contributed by atoms with van der Waals surface area (Å²) in [5.41, 5.74) is 2.31. The molecule has 1 saturated heterocycles. The molecule has 1 fully saturated rings. The van der Waals surface area contributed by atoms with Crippen molar-refractivity contribution in [1.82, 2.24) is 15.1 Å². The summed E-state index contributed by atoms with van der Waals surface area (Å²) in [6.45, 7) is 4.33. The van der Waals surface area contributed by atoms with E-state index in [1.807, 2.05) is 14.0 Å². The molecule has 1 aromatic rings. The molecule has 1 aliphatic rings. The van der Waals surface area contributed by atoms with Gasteiger partial charge in [0.25, 0.3) is 0 Å². The Hall–Kier alpha value is -0.540. The van der Waals surface area contributed by atoms with Crippen LogP contribution in [0, 0.1) is 12.8 Å². The molecule has 0 aromatic carbocycles. The molecule has 1 aromatic heterocycles. The number of nitrogens with zero attached hydrogens (tertiary/aromatic N) is 2. The van der Waals surface area contributed by atoms with Crippen LogP contribution in [0.4, 0.5) is 0 Å². The van der Waals surface area contributed by atoms with Crippen LogP contribution in [0.1, 0.15) is 30.5 Å². The minimum Gasteiger partial charge on any atom is -0.316 e. The lowest BCUT2D eigenvalue weighted by molar-refractivity contribution is 0.476. The van der Waals surface area contributed by atoms with E-state index in [1.165, 1.54) is 24.8 Å². The number of aromatic nitrogens is 2. The summed E-state index contributed by atoms with van der Waals surface area (Å²) in [6.07, 6.45) is 4.99. The van der Waals surface area contributed by atoms with Crippen LogP contribution in [0.25, 0.3) is 0 Å². The average Bonchev–Trinajstić information content (AvgIpc) is 2.51. The van der Waals surface area contributed by atoms with Gasteiger partial charge in [-0.15, -0.1) is 0 Å². The summed E-state index contributed by atoms with van der Waals surface area (Å²) in [5, 5.41) is 8.66. The molecule has 1 aliphatic heterocycles. The lowest BCUT2D eigenvalue weighted by Crippen LogP contribution is -2.22. The maximum absolute atomic E-state index is 6.25. The minimum atomic E-state index is 0.711. The number of nitrogens with one attached hydrogen (secondary N) is 1. The van der Waals surface area contributed by atoms with E-state index >= 15 is 0 Å². The highest BCUT2D eigenvalue weighted by Crippen LogP contribution is 2.24. The van der Waals surface area contributed by atoms with E-state index in [0.717, 1.165) is 30.4 Å². The van der Waals surface area contributed by atoms with Crippen molar-refractivity contribution in [2.45, 2.75) is 32.6 Å². The molecule has 2 heterocycles. The Bertz CT molecular complexity index is 351.